The number of likely N-dealkylation sites (N-methyl/N-ethyl adjacent to an activating group) is 1. The number of thiazole rings is 1. The highest BCUT2D eigenvalue weighted by Crippen LogP contribution is 2.22. The third kappa shape index (κ3) is 3.99. The molecule has 124 valence electrons. The topological polar surface area (TPSA) is 45.2 Å². The Kier molecular flexibility index (Phi) is 5.23. The van der Waals surface area contributed by atoms with E-state index in [2.05, 4.69) is 16.4 Å². The van der Waals surface area contributed by atoms with Crippen molar-refractivity contribution in [2.24, 2.45) is 0 Å². The van der Waals surface area contributed by atoms with E-state index in [0.29, 0.717) is 13.1 Å². The minimum Gasteiger partial charge on any atom is -0.351 e. The Morgan fingerprint density at radius 1 is 1.17 bits per heavy atom. The van der Waals surface area contributed by atoms with Crippen LogP contribution in [0, 0.1) is 0 Å². The van der Waals surface area contributed by atoms with Crippen molar-refractivity contribution in [3.05, 3.63) is 65.2 Å². The fourth-order valence-corrected chi connectivity index (χ4v) is 3.50. The van der Waals surface area contributed by atoms with Crippen LogP contribution in [-0.2, 0) is 17.9 Å². The number of carbonyl (C=O) groups is 1. The molecule has 2 aromatic carbocycles. The molecule has 0 spiro atoms. The first kappa shape index (κ1) is 16.6. The van der Waals surface area contributed by atoms with Crippen LogP contribution in [0.3, 0.4) is 0 Å². The monoisotopic (exact) mass is 339 g/mol. The molecular weight excluding hydrogens is 318 g/mol. The first-order chi connectivity index (χ1) is 11.6. The predicted molar refractivity (Wildman–Crippen MR) is 98.8 cm³/mol. The van der Waals surface area contributed by atoms with Gasteiger partial charge in [0.1, 0.15) is 5.01 Å². The zero-order valence-electron chi connectivity index (χ0n) is 13.9. The zero-order valence-corrected chi connectivity index (χ0v) is 14.7. The van der Waals surface area contributed by atoms with Crippen LogP contribution in [0.15, 0.2) is 54.6 Å². The van der Waals surface area contributed by atoms with Gasteiger partial charge in [-0.05, 0) is 31.7 Å². The average molecular weight is 339 g/mol. The second kappa shape index (κ2) is 7.55. The number of para-hydroxylation sites is 1. The molecule has 1 N–H and O–H groups in total. The fraction of sp³-hybridized carbons (Fsp3) is 0.263. The molecule has 1 aromatic heterocycles. The Labute approximate surface area is 146 Å². The number of carbonyl (C=O) groups excluding carboxylic acids is 1. The number of rotatable bonds is 6. The maximum Gasteiger partial charge on any atom is 0.237 e. The molecule has 0 aliphatic rings. The quantitative estimate of drug-likeness (QED) is 0.748. The maximum absolute atomic E-state index is 12.4. The van der Waals surface area contributed by atoms with Gasteiger partial charge in [-0.1, -0.05) is 42.5 Å². The van der Waals surface area contributed by atoms with Crippen LogP contribution in [-0.4, -0.2) is 28.9 Å². The SMILES string of the molecule is C[C@@H](C(=O)NCc1ccccc1)N(C)Cc1nc2ccccc2s1. The van der Waals surface area contributed by atoms with Gasteiger partial charge in [0.15, 0.2) is 0 Å². The van der Waals surface area contributed by atoms with E-state index in [9.17, 15) is 4.79 Å². The minimum absolute atomic E-state index is 0.0301. The molecule has 5 heteroatoms. The molecule has 0 saturated carbocycles. The van der Waals surface area contributed by atoms with Crippen molar-refractivity contribution >= 4 is 27.5 Å². The summed E-state index contributed by atoms with van der Waals surface area (Å²) in [5, 5.41) is 4.02. The van der Waals surface area contributed by atoms with Crippen LogP contribution in [0.4, 0.5) is 0 Å². The number of benzene rings is 2. The number of nitrogens with zero attached hydrogens (tertiary/aromatic N) is 2. The van der Waals surface area contributed by atoms with Crippen LogP contribution >= 0.6 is 11.3 Å². The number of amides is 1. The second-order valence-corrected chi connectivity index (χ2v) is 6.99. The molecule has 3 aromatic rings. The van der Waals surface area contributed by atoms with E-state index in [0.717, 1.165) is 16.1 Å². The van der Waals surface area contributed by atoms with Crippen LogP contribution in [0.2, 0.25) is 0 Å². The molecule has 0 unspecified atom stereocenters. The van der Waals surface area contributed by atoms with Gasteiger partial charge in [-0.15, -0.1) is 11.3 Å². The largest absolute Gasteiger partial charge is 0.351 e. The van der Waals surface area contributed by atoms with E-state index in [-0.39, 0.29) is 11.9 Å². The molecule has 0 aliphatic heterocycles. The number of hydrogen-bond acceptors (Lipinski definition) is 4. The Morgan fingerprint density at radius 2 is 1.88 bits per heavy atom. The molecule has 0 fully saturated rings. The van der Waals surface area contributed by atoms with E-state index in [1.165, 1.54) is 4.70 Å². The Morgan fingerprint density at radius 3 is 2.62 bits per heavy atom. The minimum atomic E-state index is -0.208. The summed E-state index contributed by atoms with van der Waals surface area (Å²) in [6.07, 6.45) is 0. The molecule has 4 nitrogen and oxygen atoms in total. The van der Waals surface area contributed by atoms with Gasteiger partial charge in [0.25, 0.3) is 0 Å². The first-order valence-electron chi connectivity index (χ1n) is 8.00. The van der Waals surface area contributed by atoms with Gasteiger partial charge in [-0.25, -0.2) is 4.98 Å². The zero-order chi connectivity index (χ0) is 16.9. The van der Waals surface area contributed by atoms with Crippen molar-refractivity contribution in [3.8, 4) is 0 Å². The fourth-order valence-electron chi connectivity index (χ4n) is 2.47. The van der Waals surface area contributed by atoms with Gasteiger partial charge < -0.3 is 5.32 Å². The lowest BCUT2D eigenvalue weighted by Crippen LogP contribution is -2.42. The van der Waals surface area contributed by atoms with E-state index < -0.39 is 0 Å². The summed E-state index contributed by atoms with van der Waals surface area (Å²) < 4.78 is 1.18. The van der Waals surface area contributed by atoms with Crippen molar-refractivity contribution in [3.63, 3.8) is 0 Å². The number of nitrogens with one attached hydrogen (secondary N) is 1. The molecular formula is C19H21N3OS. The summed E-state index contributed by atoms with van der Waals surface area (Å²) in [5.74, 6) is 0.0301. The summed E-state index contributed by atoms with van der Waals surface area (Å²) in [7, 11) is 1.96. The lowest BCUT2D eigenvalue weighted by Gasteiger charge is -2.22. The van der Waals surface area contributed by atoms with Gasteiger partial charge in [-0.2, -0.15) is 0 Å². The molecule has 1 atom stereocenters. The smallest absolute Gasteiger partial charge is 0.237 e. The van der Waals surface area contributed by atoms with Crippen LogP contribution in [0.1, 0.15) is 17.5 Å². The van der Waals surface area contributed by atoms with Gasteiger partial charge in [0, 0.05) is 6.54 Å². The van der Waals surface area contributed by atoms with Crippen LogP contribution < -0.4 is 5.32 Å². The summed E-state index contributed by atoms with van der Waals surface area (Å²) in [6, 6.07) is 17.8. The molecule has 1 amide bonds. The van der Waals surface area contributed by atoms with Crippen molar-refractivity contribution in [1.29, 1.82) is 0 Å². The number of fused-ring (bicyclic) bond motifs is 1. The molecule has 24 heavy (non-hydrogen) atoms. The van der Waals surface area contributed by atoms with E-state index >= 15 is 0 Å². The third-order valence-electron chi connectivity index (χ3n) is 4.07. The summed E-state index contributed by atoms with van der Waals surface area (Å²) in [5.41, 5.74) is 2.12. The lowest BCUT2D eigenvalue weighted by atomic mass is 10.2. The molecule has 0 aliphatic carbocycles. The highest BCUT2D eigenvalue weighted by atomic mass is 32.1. The molecule has 1 heterocycles. The third-order valence-corrected chi connectivity index (χ3v) is 5.09. The van der Waals surface area contributed by atoms with Gasteiger partial charge in [0.05, 0.1) is 22.8 Å². The standard InChI is InChI=1S/C19H21N3OS/c1-14(19(23)20-12-15-8-4-3-5-9-15)22(2)13-18-21-16-10-6-7-11-17(16)24-18/h3-11,14H,12-13H2,1-2H3,(H,20,23)/t14-/m0/s1. The normalized spacial score (nSPS) is 12.5. The number of hydrogen-bond donors (Lipinski definition) is 1. The van der Waals surface area contributed by atoms with Gasteiger partial charge >= 0.3 is 0 Å². The van der Waals surface area contributed by atoms with Crippen molar-refractivity contribution in [2.45, 2.75) is 26.1 Å². The van der Waals surface area contributed by atoms with E-state index in [1.807, 2.05) is 67.4 Å². The van der Waals surface area contributed by atoms with Crippen molar-refractivity contribution < 1.29 is 4.79 Å². The van der Waals surface area contributed by atoms with E-state index in [1.54, 1.807) is 11.3 Å². The van der Waals surface area contributed by atoms with E-state index in [4.69, 9.17) is 0 Å². The second-order valence-electron chi connectivity index (χ2n) is 5.87. The Balaban J connectivity index is 1.57. The molecule has 0 saturated heterocycles. The molecule has 0 radical (unpaired) electrons. The Hall–Kier alpha value is -2.24. The highest BCUT2D eigenvalue weighted by molar-refractivity contribution is 7.18. The van der Waals surface area contributed by atoms with Crippen molar-refractivity contribution in [2.75, 3.05) is 7.05 Å². The molecule has 0 bridgehead atoms. The average Bonchev–Trinajstić information content (AvgIpc) is 3.02. The number of aromatic nitrogens is 1. The van der Waals surface area contributed by atoms with Crippen LogP contribution in [0.5, 0.6) is 0 Å². The lowest BCUT2D eigenvalue weighted by molar-refractivity contribution is -0.125. The maximum atomic E-state index is 12.4. The predicted octanol–water partition coefficient (Wildman–Crippen LogP) is 3.43. The van der Waals surface area contributed by atoms with Crippen molar-refractivity contribution in [1.82, 2.24) is 15.2 Å². The Bertz CT molecular complexity index is 783. The summed E-state index contributed by atoms with van der Waals surface area (Å²) >= 11 is 1.68. The summed E-state index contributed by atoms with van der Waals surface area (Å²) in [6.45, 7) is 3.14. The highest BCUT2D eigenvalue weighted by Gasteiger charge is 2.19. The van der Waals surface area contributed by atoms with Crippen LogP contribution in [0.25, 0.3) is 10.2 Å². The molecule has 3 rings (SSSR count). The first-order valence-corrected chi connectivity index (χ1v) is 8.81. The van der Waals surface area contributed by atoms with Gasteiger partial charge in [-0.3, -0.25) is 9.69 Å². The van der Waals surface area contributed by atoms with Gasteiger partial charge in [0.2, 0.25) is 5.91 Å². The summed E-state index contributed by atoms with van der Waals surface area (Å²) in [4.78, 5) is 19.0.